The molecule has 1 saturated heterocycles. The molecule has 3 heterocycles. The van der Waals surface area contributed by atoms with Crippen LogP contribution >= 0.6 is 0 Å². The van der Waals surface area contributed by atoms with Crippen LogP contribution < -0.4 is 0 Å². The maximum atomic E-state index is 5.78. The summed E-state index contributed by atoms with van der Waals surface area (Å²) in [5.41, 5.74) is 4.53. The summed E-state index contributed by atoms with van der Waals surface area (Å²) in [6.07, 6.45) is 5.06. The van der Waals surface area contributed by atoms with E-state index in [-0.39, 0.29) is 5.60 Å². The van der Waals surface area contributed by atoms with Crippen molar-refractivity contribution in [2.75, 3.05) is 6.61 Å². The van der Waals surface area contributed by atoms with E-state index in [4.69, 9.17) is 4.74 Å². The summed E-state index contributed by atoms with van der Waals surface area (Å²) in [4.78, 5) is 0. The van der Waals surface area contributed by atoms with Gasteiger partial charge in [-0.3, -0.25) is 9.78 Å². The lowest BCUT2D eigenvalue weighted by atomic mass is 9.86. The highest BCUT2D eigenvalue weighted by Crippen LogP contribution is 2.34. The van der Waals surface area contributed by atoms with Crippen LogP contribution in [0.15, 0.2) is 6.20 Å². The molecule has 0 bridgehead atoms. The van der Waals surface area contributed by atoms with Crippen LogP contribution in [0.4, 0.5) is 0 Å². The van der Waals surface area contributed by atoms with Gasteiger partial charge >= 0.3 is 0 Å². The molecule has 1 aliphatic rings. The van der Waals surface area contributed by atoms with Crippen LogP contribution in [-0.2, 0) is 17.7 Å². The highest BCUT2D eigenvalue weighted by Gasteiger charge is 2.31. The first-order valence-electron chi connectivity index (χ1n) is 7.99. The number of hydrogen-bond donors (Lipinski definition) is 1. The maximum Gasteiger partial charge on any atom is 0.0859 e. The van der Waals surface area contributed by atoms with E-state index in [9.17, 15) is 0 Å². The summed E-state index contributed by atoms with van der Waals surface area (Å²) in [5, 5.41) is 15.9. The molecular weight excluding hydrogens is 278 g/mol. The molecule has 120 valence electrons. The number of ether oxygens (including phenoxy) is 1. The minimum atomic E-state index is -0.0578. The van der Waals surface area contributed by atoms with Crippen molar-refractivity contribution in [2.24, 2.45) is 0 Å². The minimum Gasteiger partial charge on any atom is -0.376 e. The standard InChI is InChI=1S/C16H25N5O/c1-11-14(12(2)18-17-11)5-7-21-10-15(19-20-21)13-6-8-22-16(3,4)9-13/h10,13H,5-9H2,1-4H3,(H,17,18)/t13-/m0/s1. The number of hydrogen-bond acceptors (Lipinski definition) is 4. The quantitative estimate of drug-likeness (QED) is 0.942. The lowest BCUT2D eigenvalue weighted by Gasteiger charge is -2.34. The van der Waals surface area contributed by atoms with Crippen LogP contribution in [0.3, 0.4) is 0 Å². The number of aromatic nitrogens is 5. The third-order valence-electron chi connectivity index (χ3n) is 4.54. The van der Waals surface area contributed by atoms with E-state index in [0.717, 1.165) is 49.5 Å². The average Bonchev–Trinajstić information content (AvgIpc) is 3.04. The molecule has 22 heavy (non-hydrogen) atoms. The molecule has 1 N–H and O–H groups in total. The predicted octanol–water partition coefficient (Wildman–Crippen LogP) is 2.53. The van der Waals surface area contributed by atoms with Gasteiger partial charge in [0, 0.05) is 31.0 Å². The largest absolute Gasteiger partial charge is 0.376 e. The van der Waals surface area contributed by atoms with Crippen molar-refractivity contribution in [1.82, 2.24) is 25.2 Å². The van der Waals surface area contributed by atoms with Crippen molar-refractivity contribution in [1.29, 1.82) is 0 Å². The van der Waals surface area contributed by atoms with Crippen LogP contribution in [-0.4, -0.2) is 37.4 Å². The van der Waals surface area contributed by atoms with E-state index in [0.29, 0.717) is 5.92 Å². The molecule has 1 atom stereocenters. The molecule has 6 heteroatoms. The SMILES string of the molecule is Cc1n[nH]c(C)c1CCn1cc([C@H]2CCOC(C)(C)C2)nn1. The van der Waals surface area contributed by atoms with E-state index in [1.807, 2.05) is 11.6 Å². The van der Waals surface area contributed by atoms with Crippen LogP contribution in [0.25, 0.3) is 0 Å². The molecule has 0 radical (unpaired) electrons. The van der Waals surface area contributed by atoms with E-state index in [1.54, 1.807) is 0 Å². The zero-order valence-electron chi connectivity index (χ0n) is 13.9. The lowest BCUT2D eigenvalue weighted by molar-refractivity contribution is -0.0597. The predicted molar refractivity (Wildman–Crippen MR) is 83.8 cm³/mol. The minimum absolute atomic E-state index is 0.0578. The Morgan fingerprint density at radius 2 is 2.23 bits per heavy atom. The van der Waals surface area contributed by atoms with Gasteiger partial charge in [-0.15, -0.1) is 5.10 Å². The first kappa shape index (κ1) is 15.2. The topological polar surface area (TPSA) is 68.6 Å². The summed E-state index contributed by atoms with van der Waals surface area (Å²) < 4.78 is 7.73. The van der Waals surface area contributed by atoms with Crippen molar-refractivity contribution in [2.45, 2.75) is 65.0 Å². The smallest absolute Gasteiger partial charge is 0.0859 e. The molecule has 0 amide bonds. The van der Waals surface area contributed by atoms with Gasteiger partial charge in [0.1, 0.15) is 0 Å². The van der Waals surface area contributed by atoms with E-state index in [1.165, 1.54) is 5.56 Å². The number of aryl methyl sites for hydroxylation is 3. The molecule has 0 saturated carbocycles. The third kappa shape index (κ3) is 3.21. The monoisotopic (exact) mass is 303 g/mol. The first-order chi connectivity index (χ1) is 10.4. The van der Waals surface area contributed by atoms with Gasteiger partial charge in [0.15, 0.2) is 0 Å². The zero-order chi connectivity index (χ0) is 15.7. The molecule has 0 aliphatic carbocycles. The Kier molecular flexibility index (Phi) is 4.04. The Balaban J connectivity index is 1.64. The van der Waals surface area contributed by atoms with Crippen LogP contribution in [0.1, 0.15) is 55.3 Å². The fourth-order valence-corrected chi connectivity index (χ4v) is 3.26. The summed E-state index contributed by atoms with van der Waals surface area (Å²) >= 11 is 0. The van der Waals surface area contributed by atoms with E-state index < -0.39 is 0 Å². The van der Waals surface area contributed by atoms with Gasteiger partial charge < -0.3 is 4.74 Å². The third-order valence-corrected chi connectivity index (χ3v) is 4.54. The van der Waals surface area contributed by atoms with Crippen molar-refractivity contribution < 1.29 is 4.74 Å². The van der Waals surface area contributed by atoms with Crippen LogP contribution in [0.2, 0.25) is 0 Å². The van der Waals surface area contributed by atoms with Gasteiger partial charge in [-0.25, -0.2) is 0 Å². The second-order valence-corrected chi connectivity index (χ2v) is 6.87. The van der Waals surface area contributed by atoms with Crippen molar-refractivity contribution in [3.63, 3.8) is 0 Å². The first-order valence-corrected chi connectivity index (χ1v) is 7.99. The number of H-pyrrole nitrogens is 1. The molecule has 2 aromatic heterocycles. The Morgan fingerprint density at radius 1 is 1.41 bits per heavy atom. The molecule has 2 aromatic rings. The molecule has 6 nitrogen and oxygen atoms in total. The van der Waals surface area contributed by atoms with Gasteiger partial charge in [-0.1, -0.05) is 5.21 Å². The maximum absolute atomic E-state index is 5.78. The second-order valence-electron chi connectivity index (χ2n) is 6.87. The van der Waals surface area contributed by atoms with Crippen molar-refractivity contribution in [3.8, 4) is 0 Å². The summed E-state index contributed by atoms with van der Waals surface area (Å²) in [7, 11) is 0. The molecule has 0 spiro atoms. The van der Waals surface area contributed by atoms with Gasteiger partial charge in [-0.05, 0) is 52.5 Å². The molecule has 1 aliphatic heterocycles. The molecule has 0 aromatic carbocycles. The van der Waals surface area contributed by atoms with E-state index >= 15 is 0 Å². The Hall–Kier alpha value is -1.69. The number of nitrogens with one attached hydrogen (secondary N) is 1. The van der Waals surface area contributed by atoms with Gasteiger partial charge in [0.25, 0.3) is 0 Å². The zero-order valence-corrected chi connectivity index (χ0v) is 13.9. The Labute approximate surface area is 131 Å². The molecule has 0 unspecified atom stereocenters. The van der Waals surface area contributed by atoms with Crippen LogP contribution in [0.5, 0.6) is 0 Å². The number of rotatable bonds is 4. The Bertz CT molecular complexity index is 623. The average molecular weight is 303 g/mol. The van der Waals surface area contributed by atoms with Gasteiger partial charge in [0.05, 0.1) is 17.0 Å². The van der Waals surface area contributed by atoms with Crippen LogP contribution in [0, 0.1) is 13.8 Å². The fourth-order valence-electron chi connectivity index (χ4n) is 3.26. The lowest BCUT2D eigenvalue weighted by Crippen LogP contribution is -2.33. The fraction of sp³-hybridized carbons (Fsp3) is 0.688. The van der Waals surface area contributed by atoms with E-state index in [2.05, 4.69) is 47.5 Å². The Morgan fingerprint density at radius 3 is 2.91 bits per heavy atom. The highest BCUT2D eigenvalue weighted by molar-refractivity contribution is 5.23. The van der Waals surface area contributed by atoms with Gasteiger partial charge in [-0.2, -0.15) is 5.10 Å². The number of aromatic amines is 1. The summed E-state index contributed by atoms with van der Waals surface area (Å²) in [6.45, 7) is 10.0. The molecular formula is C16H25N5O. The summed E-state index contributed by atoms with van der Waals surface area (Å²) in [5.74, 6) is 0.454. The summed E-state index contributed by atoms with van der Waals surface area (Å²) in [6, 6.07) is 0. The normalized spacial score (nSPS) is 21.2. The second kappa shape index (κ2) is 5.83. The van der Waals surface area contributed by atoms with Crippen molar-refractivity contribution >= 4 is 0 Å². The van der Waals surface area contributed by atoms with Crippen molar-refractivity contribution in [3.05, 3.63) is 28.8 Å². The number of nitrogens with zero attached hydrogens (tertiary/aromatic N) is 4. The van der Waals surface area contributed by atoms with Gasteiger partial charge in [0.2, 0.25) is 0 Å². The molecule has 3 rings (SSSR count). The molecule has 1 fully saturated rings. The highest BCUT2D eigenvalue weighted by atomic mass is 16.5.